The van der Waals surface area contributed by atoms with Gasteiger partial charge in [0.05, 0.1) is 22.1 Å². The standard InChI is InChI=1S/C53H31N5/c1-3-14-34(15-4-1)51-54-52(36-18-9-17-35(31-36)39-22-10-16-32-13-7-8-21-38(32)39)56-53(55-51)58-43-26-12-24-41-40-23-11-25-42-47(40)49-44(57(42)37-19-5-2-6-20-37)29-27-33-28-30-45(58)50(46(33)49)48(41)43/h1-31H. The van der Waals surface area contributed by atoms with Crippen LogP contribution in [0.1, 0.15) is 0 Å². The van der Waals surface area contributed by atoms with Crippen molar-refractivity contribution in [2.45, 2.75) is 0 Å². The monoisotopic (exact) mass is 737 g/mol. The summed E-state index contributed by atoms with van der Waals surface area (Å²) in [4.78, 5) is 15.9. The molecular weight excluding hydrogens is 707 g/mol. The molecule has 5 nitrogen and oxygen atoms in total. The number of rotatable bonds is 5. The van der Waals surface area contributed by atoms with Gasteiger partial charge in [-0.05, 0) is 80.9 Å². The predicted molar refractivity (Wildman–Crippen MR) is 239 cm³/mol. The molecule has 0 saturated heterocycles. The molecule has 0 radical (unpaired) electrons. The van der Waals surface area contributed by atoms with Crippen LogP contribution < -0.4 is 0 Å². The topological polar surface area (TPSA) is 48.5 Å². The van der Waals surface area contributed by atoms with Crippen LogP contribution in [0.15, 0.2) is 188 Å². The van der Waals surface area contributed by atoms with Gasteiger partial charge in [0.2, 0.25) is 5.95 Å². The first-order valence-electron chi connectivity index (χ1n) is 19.7. The lowest BCUT2D eigenvalue weighted by atomic mass is 9.97. The molecule has 0 fully saturated rings. The summed E-state index contributed by atoms with van der Waals surface area (Å²) in [6, 6.07) is 67.1. The zero-order chi connectivity index (χ0) is 37.9. The number of aromatic nitrogens is 5. The van der Waals surface area contributed by atoms with E-state index in [1.165, 1.54) is 70.8 Å². The van der Waals surface area contributed by atoms with Crippen LogP contribution >= 0.6 is 0 Å². The molecular formula is C53H31N5. The van der Waals surface area contributed by atoms with Gasteiger partial charge in [-0.25, -0.2) is 4.98 Å². The zero-order valence-corrected chi connectivity index (χ0v) is 31.1. The minimum Gasteiger partial charge on any atom is -0.309 e. The maximum atomic E-state index is 5.38. The van der Waals surface area contributed by atoms with Crippen molar-refractivity contribution < 1.29 is 0 Å². The van der Waals surface area contributed by atoms with Gasteiger partial charge in [0.25, 0.3) is 0 Å². The summed E-state index contributed by atoms with van der Waals surface area (Å²) < 4.78 is 4.68. The van der Waals surface area contributed by atoms with Gasteiger partial charge >= 0.3 is 0 Å². The van der Waals surface area contributed by atoms with Gasteiger partial charge in [0.1, 0.15) is 0 Å². The van der Waals surface area contributed by atoms with E-state index in [1.54, 1.807) is 0 Å². The van der Waals surface area contributed by atoms with E-state index in [0.717, 1.165) is 33.4 Å². The van der Waals surface area contributed by atoms with E-state index in [1.807, 2.05) is 18.2 Å². The number of hydrogen-bond donors (Lipinski definition) is 0. The quantitative estimate of drug-likeness (QED) is 0.177. The Kier molecular flexibility index (Phi) is 6.38. The van der Waals surface area contributed by atoms with Gasteiger partial charge in [0, 0.05) is 43.7 Å². The van der Waals surface area contributed by atoms with Crippen molar-refractivity contribution in [3.8, 4) is 56.7 Å². The molecule has 13 rings (SSSR count). The molecule has 0 N–H and O–H groups in total. The second-order valence-corrected chi connectivity index (χ2v) is 15.2. The molecule has 5 heteroatoms. The highest BCUT2D eigenvalue weighted by atomic mass is 15.2. The fourth-order valence-corrected chi connectivity index (χ4v) is 9.65. The third kappa shape index (κ3) is 4.33. The highest BCUT2D eigenvalue weighted by Crippen LogP contribution is 2.51. The Labute approximate surface area is 332 Å². The molecule has 0 aliphatic heterocycles. The first-order chi connectivity index (χ1) is 28.8. The highest BCUT2D eigenvalue weighted by molar-refractivity contribution is 6.38. The van der Waals surface area contributed by atoms with Crippen molar-refractivity contribution in [3.63, 3.8) is 0 Å². The number of nitrogens with zero attached hydrogens (tertiary/aromatic N) is 5. The molecule has 268 valence electrons. The number of hydrogen-bond acceptors (Lipinski definition) is 3. The Bertz CT molecular complexity index is 3670. The van der Waals surface area contributed by atoms with E-state index in [-0.39, 0.29) is 0 Å². The summed E-state index contributed by atoms with van der Waals surface area (Å²) in [6.45, 7) is 0. The maximum absolute atomic E-state index is 5.38. The highest BCUT2D eigenvalue weighted by Gasteiger charge is 2.28. The molecule has 3 aromatic heterocycles. The lowest BCUT2D eigenvalue weighted by Crippen LogP contribution is -2.06. The average molecular weight is 738 g/mol. The molecule has 0 spiro atoms. The molecule has 3 heterocycles. The number of fused-ring (bicyclic) bond motifs is 2. The van der Waals surface area contributed by atoms with Crippen molar-refractivity contribution in [2.24, 2.45) is 0 Å². The second-order valence-electron chi connectivity index (χ2n) is 15.2. The largest absolute Gasteiger partial charge is 0.309 e. The molecule has 58 heavy (non-hydrogen) atoms. The van der Waals surface area contributed by atoms with Gasteiger partial charge in [-0.3, -0.25) is 4.57 Å². The summed E-state index contributed by atoms with van der Waals surface area (Å²) in [5.41, 5.74) is 12.3. The third-order valence-corrected chi connectivity index (χ3v) is 12.1. The molecule has 0 amide bonds. The van der Waals surface area contributed by atoms with Crippen molar-refractivity contribution >= 4 is 65.2 Å². The molecule has 1 aliphatic rings. The van der Waals surface area contributed by atoms with E-state index >= 15 is 0 Å². The second kappa shape index (κ2) is 11.8. The Balaban J connectivity index is 1.12. The van der Waals surface area contributed by atoms with Gasteiger partial charge in [0.15, 0.2) is 11.6 Å². The average Bonchev–Trinajstić information content (AvgIpc) is 3.78. The van der Waals surface area contributed by atoms with Crippen LogP contribution in [-0.2, 0) is 0 Å². The number of para-hydroxylation sites is 1. The molecule has 0 atom stereocenters. The fourth-order valence-electron chi connectivity index (χ4n) is 9.65. The van der Waals surface area contributed by atoms with Crippen molar-refractivity contribution in [3.05, 3.63) is 188 Å². The van der Waals surface area contributed by atoms with E-state index < -0.39 is 0 Å². The number of benzene rings is 9. The molecule has 0 unspecified atom stereocenters. The minimum absolute atomic E-state index is 0.587. The summed E-state index contributed by atoms with van der Waals surface area (Å²) >= 11 is 0. The normalized spacial score (nSPS) is 12.1. The van der Waals surface area contributed by atoms with Crippen LogP contribution in [0.3, 0.4) is 0 Å². The molecule has 1 aliphatic carbocycles. The lowest BCUT2D eigenvalue weighted by Gasteiger charge is -2.13. The summed E-state index contributed by atoms with van der Waals surface area (Å²) in [6.07, 6.45) is 0. The first-order valence-corrected chi connectivity index (χ1v) is 19.7. The van der Waals surface area contributed by atoms with Crippen LogP contribution in [0.25, 0.3) is 122 Å². The maximum Gasteiger partial charge on any atom is 0.238 e. The van der Waals surface area contributed by atoms with Crippen molar-refractivity contribution in [1.29, 1.82) is 0 Å². The van der Waals surface area contributed by atoms with Crippen LogP contribution in [0, 0.1) is 0 Å². The third-order valence-electron chi connectivity index (χ3n) is 12.1. The van der Waals surface area contributed by atoms with Gasteiger partial charge in [-0.1, -0.05) is 146 Å². The zero-order valence-electron chi connectivity index (χ0n) is 31.1. The van der Waals surface area contributed by atoms with Gasteiger partial charge in [-0.2, -0.15) is 9.97 Å². The van der Waals surface area contributed by atoms with Crippen LogP contribution in [0.5, 0.6) is 0 Å². The van der Waals surface area contributed by atoms with Crippen LogP contribution in [0.4, 0.5) is 0 Å². The van der Waals surface area contributed by atoms with E-state index in [2.05, 4.69) is 179 Å². The minimum atomic E-state index is 0.587. The van der Waals surface area contributed by atoms with Gasteiger partial charge in [-0.15, -0.1) is 0 Å². The molecule has 0 saturated carbocycles. The lowest BCUT2D eigenvalue weighted by molar-refractivity contribution is 0.954. The Morgan fingerprint density at radius 1 is 0.310 bits per heavy atom. The molecule has 0 bridgehead atoms. The Hall–Kier alpha value is -7.89. The first kappa shape index (κ1) is 31.3. The Morgan fingerprint density at radius 3 is 1.60 bits per heavy atom. The fraction of sp³-hybridized carbons (Fsp3) is 0. The van der Waals surface area contributed by atoms with E-state index in [9.17, 15) is 0 Å². The smallest absolute Gasteiger partial charge is 0.238 e. The Morgan fingerprint density at radius 2 is 0.845 bits per heavy atom. The summed E-state index contributed by atoms with van der Waals surface area (Å²) in [5.74, 6) is 1.84. The van der Waals surface area contributed by atoms with Crippen LogP contribution in [-0.4, -0.2) is 24.1 Å². The van der Waals surface area contributed by atoms with Crippen molar-refractivity contribution in [1.82, 2.24) is 24.1 Å². The SMILES string of the molecule is c1ccc(-c2nc(-c3cccc(-c4cccc5ccccc45)c3)nc(-n3c4cccc5c4c4c6c(ccc7c6c6c-5cccc6n7-c5ccccc5)ccc43)n2)cc1. The summed E-state index contributed by atoms with van der Waals surface area (Å²) in [7, 11) is 0. The van der Waals surface area contributed by atoms with E-state index in [4.69, 9.17) is 15.0 Å². The molecule has 12 aromatic rings. The van der Waals surface area contributed by atoms with E-state index in [0.29, 0.717) is 17.6 Å². The van der Waals surface area contributed by atoms with Crippen molar-refractivity contribution in [2.75, 3.05) is 0 Å². The predicted octanol–water partition coefficient (Wildman–Crippen LogP) is 13.4. The van der Waals surface area contributed by atoms with Gasteiger partial charge < -0.3 is 4.57 Å². The van der Waals surface area contributed by atoms with Crippen LogP contribution in [0.2, 0.25) is 0 Å². The summed E-state index contributed by atoms with van der Waals surface area (Å²) in [5, 5.41) is 9.90. The molecule has 9 aromatic carbocycles.